The van der Waals surface area contributed by atoms with Gasteiger partial charge in [-0.2, -0.15) is 0 Å². The first-order chi connectivity index (χ1) is 6.97. The highest BCUT2D eigenvalue weighted by Gasteiger charge is 2.37. The lowest BCUT2D eigenvalue weighted by Crippen LogP contribution is -2.37. The monoisotopic (exact) mass is 213 g/mol. The lowest BCUT2D eigenvalue weighted by molar-refractivity contribution is -0.145. The van der Waals surface area contributed by atoms with E-state index in [0.29, 0.717) is 6.42 Å². The summed E-state index contributed by atoms with van der Waals surface area (Å²) >= 11 is 0. The van der Waals surface area contributed by atoms with Crippen molar-refractivity contribution in [2.45, 2.75) is 26.7 Å². The third-order valence-electron chi connectivity index (χ3n) is 2.71. The van der Waals surface area contributed by atoms with Crippen LogP contribution in [-0.4, -0.2) is 34.3 Å². The molecule has 1 aliphatic heterocycles. The van der Waals surface area contributed by atoms with Gasteiger partial charge in [-0.25, -0.2) is 0 Å². The van der Waals surface area contributed by atoms with E-state index in [1.54, 1.807) is 13.8 Å². The Balaban J connectivity index is 2.69. The largest absolute Gasteiger partial charge is 0.481 e. The van der Waals surface area contributed by atoms with Gasteiger partial charge >= 0.3 is 5.97 Å². The molecule has 0 aromatic carbocycles. The van der Waals surface area contributed by atoms with E-state index < -0.39 is 11.9 Å². The van der Waals surface area contributed by atoms with Crippen LogP contribution < -0.4 is 0 Å². The van der Waals surface area contributed by atoms with Crippen molar-refractivity contribution in [2.24, 2.45) is 11.8 Å². The first-order valence-corrected chi connectivity index (χ1v) is 5.04. The fraction of sp³-hybridized carbons (Fsp3) is 0.700. The minimum absolute atomic E-state index is 0.00778. The topological polar surface area (TPSA) is 74.7 Å². The molecule has 15 heavy (non-hydrogen) atoms. The fourth-order valence-electron chi connectivity index (χ4n) is 1.64. The maximum atomic E-state index is 11.5. The van der Waals surface area contributed by atoms with Crippen molar-refractivity contribution in [1.82, 2.24) is 4.90 Å². The van der Waals surface area contributed by atoms with Crippen LogP contribution in [0.2, 0.25) is 0 Å². The fourth-order valence-corrected chi connectivity index (χ4v) is 1.64. The molecule has 1 N–H and O–H groups in total. The van der Waals surface area contributed by atoms with Crippen LogP contribution in [0.15, 0.2) is 0 Å². The zero-order chi connectivity index (χ0) is 11.6. The normalized spacial score (nSPS) is 23.3. The van der Waals surface area contributed by atoms with Crippen LogP contribution in [0.4, 0.5) is 0 Å². The maximum Gasteiger partial charge on any atom is 0.308 e. The minimum Gasteiger partial charge on any atom is -0.481 e. The zero-order valence-electron chi connectivity index (χ0n) is 8.90. The molecule has 2 unspecified atom stereocenters. The molecule has 0 aromatic heterocycles. The molecule has 0 bridgehead atoms. The van der Waals surface area contributed by atoms with Gasteiger partial charge in [0.05, 0.1) is 5.92 Å². The number of carbonyl (C=O) groups is 3. The summed E-state index contributed by atoms with van der Waals surface area (Å²) in [6.45, 7) is 3.42. The molecule has 5 nitrogen and oxygen atoms in total. The van der Waals surface area contributed by atoms with Gasteiger partial charge in [0.15, 0.2) is 0 Å². The van der Waals surface area contributed by atoms with E-state index in [1.165, 1.54) is 0 Å². The van der Waals surface area contributed by atoms with Crippen molar-refractivity contribution >= 4 is 17.8 Å². The number of carbonyl (C=O) groups excluding carboxylic acids is 2. The summed E-state index contributed by atoms with van der Waals surface area (Å²) in [5.74, 6) is -2.42. The molecule has 1 heterocycles. The second-order valence-corrected chi connectivity index (χ2v) is 3.89. The molecule has 0 aliphatic carbocycles. The van der Waals surface area contributed by atoms with Crippen LogP contribution in [0.1, 0.15) is 26.7 Å². The second kappa shape index (κ2) is 4.42. The van der Waals surface area contributed by atoms with Crippen LogP contribution in [0.25, 0.3) is 0 Å². The Hall–Kier alpha value is -1.39. The molecule has 1 saturated heterocycles. The molecule has 0 aromatic rings. The summed E-state index contributed by atoms with van der Waals surface area (Å²) in [6.07, 6.45) is 0.621. The third kappa shape index (κ3) is 2.34. The lowest BCUT2D eigenvalue weighted by Gasteiger charge is -2.18. The number of nitrogens with zero attached hydrogens (tertiary/aromatic N) is 1. The second-order valence-electron chi connectivity index (χ2n) is 3.89. The number of rotatable bonds is 4. The standard InChI is InChI=1S/C10H15NO4/c1-3-7(10(14)15)5-11-8(12)4-6(2)9(11)13/h6-7H,3-5H2,1-2H3,(H,14,15). The zero-order valence-corrected chi connectivity index (χ0v) is 8.90. The molecule has 5 heteroatoms. The van der Waals surface area contributed by atoms with E-state index in [9.17, 15) is 14.4 Å². The summed E-state index contributed by atoms with van der Waals surface area (Å²) in [6, 6.07) is 0. The Kier molecular flexibility index (Phi) is 3.44. The van der Waals surface area contributed by atoms with Crippen molar-refractivity contribution in [3.05, 3.63) is 0 Å². The molecular formula is C10H15NO4. The predicted octanol–water partition coefficient (Wildman–Crippen LogP) is 0.492. The van der Waals surface area contributed by atoms with Gasteiger partial charge in [0, 0.05) is 18.9 Å². The first kappa shape index (κ1) is 11.7. The van der Waals surface area contributed by atoms with Crippen LogP contribution in [0.5, 0.6) is 0 Å². The predicted molar refractivity (Wildman–Crippen MR) is 51.9 cm³/mol. The number of amides is 2. The summed E-state index contributed by atoms with van der Waals surface area (Å²) in [4.78, 5) is 34.7. The number of carboxylic acids is 1. The van der Waals surface area contributed by atoms with Crippen molar-refractivity contribution in [1.29, 1.82) is 0 Å². The summed E-state index contributed by atoms with van der Waals surface area (Å²) in [7, 11) is 0. The van der Waals surface area contributed by atoms with Gasteiger partial charge in [-0.3, -0.25) is 19.3 Å². The Morgan fingerprint density at radius 2 is 2.20 bits per heavy atom. The quantitative estimate of drug-likeness (QED) is 0.690. The van der Waals surface area contributed by atoms with Gasteiger partial charge in [-0.1, -0.05) is 13.8 Å². The Bertz CT molecular complexity index is 300. The van der Waals surface area contributed by atoms with Crippen LogP contribution in [-0.2, 0) is 14.4 Å². The van der Waals surface area contributed by atoms with Gasteiger partial charge in [-0.05, 0) is 6.42 Å². The van der Waals surface area contributed by atoms with E-state index in [4.69, 9.17) is 5.11 Å². The molecule has 0 radical (unpaired) electrons. The van der Waals surface area contributed by atoms with Crippen LogP contribution in [0.3, 0.4) is 0 Å². The molecule has 0 saturated carbocycles. The molecule has 1 aliphatic rings. The number of hydrogen-bond acceptors (Lipinski definition) is 3. The molecular weight excluding hydrogens is 198 g/mol. The van der Waals surface area contributed by atoms with Gasteiger partial charge in [0.1, 0.15) is 0 Å². The molecule has 2 amide bonds. The Labute approximate surface area is 88.1 Å². The number of imide groups is 1. The highest BCUT2D eigenvalue weighted by Crippen LogP contribution is 2.20. The average Bonchev–Trinajstić information content (AvgIpc) is 2.39. The van der Waals surface area contributed by atoms with E-state index in [1.807, 2.05) is 0 Å². The highest BCUT2D eigenvalue weighted by molar-refractivity contribution is 6.03. The van der Waals surface area contributed by atoms with Crippen molar-refractivity contribution in [3.8, 4) is 0 Å². The minimum atomic E-state index is -0.961. The summed E-state index contributed by atoms with van der Waals surface area (Å²) in [5.41, 5.74) is 0. The average molecular weight is 213 g/mol. The van der Waals surface area contributed by atoms with Crippen molar-refractivity contribution in [3.63, 3.8) is 0 Å². The first-order valence-electron chi connectivity index (χ1n) is 5.04. The van der Waals surface area contributed by atoms with Crippen molar-refractivity contribution in [2.75, 3.05) is 6.54 Å². The maximum absolute atomic E-state index is 11.5. The lowest BCUT2D eigenvalue weighted by atomic mass is 10.1. The van der Waals surface area contributed by atoms with E-state index >= 15 is 0 Å². The van der Waals surface area contributed by atoms with Gasteiger partial charge < -0.3 is 5.11 Å². The smallest absolute Gasteiger partial charge is 0.308 e. The Morgan fingerprint density at radius 1 is 1.60 bits per heavy atom. The van der Waals surface area contributed by atoms with Gasteiger partial charge in [-0.15, -0.1) is 0 Å². The van der Waals surface area contributed by atoms with E-state index in [0.717, 1.165) is 4.90 Å². The highest BCUT2D eigenvalue weighted by atomic mass is 16.4. The third-order valence-corrected chi connectivity index (χ3v) is 2.71. The van der Waals surface area contributed by atoms with E-state index in [2.05, 4.69) is 0 Å². The van der Waals surface area contributed by atoms with Crippen LogP contribution in [0, 0.1) is 11.8 Å². The number of hydrogen-bond donors (Lipinski definition) is 1. The Morgan fingerprint density at radius 3 is 2.53 bits per heavy atom. The van der Waals surface area contributed by atoms with Gasteiger partial charge in [0.25, 0.3) is 0 Å². The van der Waals surface area contributed by atoms with Gasteiger partial charge in [0.2, 0.25) is 11.8 Å². The van der Waals surface area contributed by atoms with Crippen molar-refractivity contribution < 1.29 is 19.5 Å². The number of carboxylic acid groups (broad SMARTS) is 1. The number of aliphatic carboxylic acids is 1. The molecule has 1 fully saturated rings. The molecule has 1 rings (SSSR count). The summed E-state index contributed by atoms with van der Waals surface area (Å²) < 4.78 is 0. The van der Waals surface area contributed by atoms with E-state index in [-0.39, 0.29) is 30.7 Å². The van der Waals surface area contributed by atoms with Crippen LogP contribution >= 0.6 is 0 Å². The summed E-state index contributed by atoms with van der Waals surface area (Å²) in [5, 5.41) is 8.82. The SMILES string of the molecule is CCC(CN1C(=O)CC(C)C1=O)C(=O)O. The molecule has 2 atom stereocenters. The molecule has 84 valence electrons. The molecule has 0 spiro atoms. The number of likely N-dealkylation sites (tertiary alicyclic amines) is 1.